The van der Waals surface area contributed by atoms with Gasteiger partial charge in [0.05, 0.1) is 17.6 Å². The smallest absolute Gasteiger partial charge is 0.162 e. The first kappa shape index (κ1) is 15.4. The molecule has 0 spiro atoms. The monoisotopic (exact) mass is 343 g/mol. The lowest BCUT2D eigenvalue weighted by atomic mass is 10.2. The number of anilines is 1. The van der Waals surface area contributed by atoms with Crippen LogP contribution in [0.3, 0.4) is 0 Å². The van der Waals surface area contributed by atoms with E-state index < -0.39 is 0 Å². The second kappa shape index (κ2) is 6.75. The second-order valence-corrected chi connectivity index (χ2v) is 6.69. The molecule has 4 rings (SSSR count). The van der Waals surface area contributed by atoms with Crippen molar-refractivity contribution in [3.63, 3.8) is 0 Å². The predicted octanol–water partition coefficient (Wildman–Crippen LogP) is 3.86. The summed E-state index contributed by atoms with van der Waals surface area (Å²) in [6.45, 7) is 4.29. The van der Waals surface area contributed by atoms with E-state index >= 15 is 0 Å². The van der Waals surface area contributed by atoms with Crippen molar-refractivity contribution in [3.8, 4) is 10.8 Å². The number of para-hydroxylation sites is 1. The highest BCUT2D eigenvalue weighted by atomic mass is 32.1. The Balaban J connectivity index is 1.36. The van der Waals surface area contributed by atoms with Gasteiger partial charge in [0.1, 0.15) is 5.82 Å². The third-order valence-corrected chi connectivity index (χ3v) is 5.14. The molecule has 1 fully saturated rings. The topological polar surface area (TPSA) is 32.5 Å². The van der Waals surface area contributed by atoms with Crippen LogP contribution in [0, 0.1) is 5.82 Å². The zero-order valence-electron chi connectivity index (χ0n) is 13.2. The van der Waals surface area contributed by atoms with Gasteiger partial charge >= 0.3 is 0 Å². The fourth-order valence-electron chi connectivity index (χ4n) is 2.98. The molecule has 1 aliphatic rings. The van der Waals surface area contributed by atoms with Crippen molar-refractivity contribution in [3.05, 3.63) is 59.6 Å². The fraction of sp³-hybridized carbons (Fsp3) is 0.278. The van der Waals surface area contributed by atoms with Crippen molar-refractivity contribution in [2.24, 2.45) is 0 Å². The van der Waals surface area contributed by atoms with E-state index in [0.717, 1.165) is 49.2 Å². The van der Waals surface area contributed by atoms with Crippen LogP contribution in [-0.2, 0) is 6.54 Å². The number of aromatic nitrogens is 1. The molecule has 124 valence electrons. The molecule has 3 aromatic rings. The van der Waals surface area contributed by atoms with Crippen molar-refractivity contribution >= 4 is 17.0 Å². The normalized spacial score (nSPS) is 15.8. The lowest BCUT2D eigenvalue weighted by molar-refractivity contribution is 0.247. The van der Waals surface area contributed by atoms with Gasteiger partial charge in [-0.25, -0.2) is 9.37 Å². The maximum absolute atomic E-state index is 13.9. The standard InChI is InChI=1S/C18H18FN3OS/c19-15-4-1-2-5-16(15)22-9-7-21(8-10-22)12-14-13-24-18(20-14)17-6-3-11-23-17/h1-6,11,13H,7-10,12H2. The Hall–Kier alpha value is -2.18. The number of benzene rings is 1. The lowest BCUT2D eigenvalue weighted by Gasteiger charge is -2.35. The van der Waals surface area contributed by atoms with E-state index in [0.29, 0.717) is 5.69 Å². The van der Waals surface area contributed by atoms with Gasteiger partial charge in [-0.15, -0.1) is 11.3 Å². The number of nitrogens with zero attached hydrogens (tertiary/aromatic N) is 3. The van der Waals surface area contributed by atoms with E-state index in [1.165, 1.54) is 6.07 Å². The molecule has 0 unspecified atom stereocenters. The van der Waals surface area contributed by atoms with Crippen LogP contribution in [0.1, 0.15) is 5.69 Å². The Morgan fingerprint density at radius 3 is 2.67 bits per heavy atom. The quantitative estimate of drug-likeness (QED) is 0.720. The summed E-state index contributed by atoms with van der Waals surface area (Å²) < 4.78 is 19.3. The van der Waals surface area contributed by atoms with Gasteiger partial charge in [-0.05, 0) is 24.3 Å². The first-order valence-electron chi connectivity index (χ1n) is 8.00. The van der Waals surface area contributed by atoms with Gasteiger partial charge in [-0.2, -0.15) is 0 Å². The molecule has 2 aromatic heterocycles. The SMILES string of the molecule is Fc1ccccc1N1CCN(Cc2csc(-c3ccco3)n2)CC1. The summed E-state index contributed by atoms with van der Waals surface area (Å²) in [5.41, 5.74) is 1.76. The Labute approximate surface area is 144 Å². The summed E-state index contributed by atoms with van der Waals surface area (Å²) >= 11 is 1.60. The fourth-order valence-corrected chi connectivity index (χ4v) is 3.75. The minimum atomic E-state index is -0.145. The van der Waals surface area contributed by atoms with Gasteiger partial charge < -0.3 is 9.32 Å². The number of hydrogen-bond donors (Lipinski definition) is 0. The van der Waals surface area contributed by atoms with E-state index in [2.05, 4.69) is 20.2 Å². The van der Waals surface area contributed by atoms with Crippen LogP contribution in [0.4, 0.5) is 10.1 Å². The Bertz CT molecular complexity index is 794. The number of hydrogen-bond acceptors (Lipinski definition) is 5. The molecule has 0 aliphatic carbocycles. The maximum atomic E-state index is 13.9. The third-order valence-electron chi connectivity index (χ3n) is 4.23. The average molecular weight is 343 g/mol. The highest BCUT2D eigenvalue weighted by Crippen LogP contribution is 2.25. The van der Waals surface area contributed by atoms with Gasteiger partial charge in [-0.1, -0.05) is 12.1 Å². The van der Waals surface area contributed by atoms with Crippen LogP contribution in [0.25, 0.3) is 10.8 Å². The number of thiazole rings is 1. The molecule has 1 aliphatic heterocycles. The van der Waals surface area contributed by atoms with Gasteiger partial charge in [0.15, 0.2) is 10.8 Å². The molecule has 0 N–H and O–H groups in total. The summed E-state index contributed by atoms with van der Waals surface area (Å²) in [7, 11) is 0. The Morgan fingerprint density at radius 2 is 1.92 bits per heavy atom. The molecule has 1 saturated heterocycles. The van der Waals surface area contributed by atoms with Gasteiger partial charge in [-0.3, -0.25) is 4.90 Å². The average Bonchev–Trinajstić information content (AvgIpc) is 3.27. The Kier molecular flexibility index (Phi) is 4.32. The van der Waals surface area contributed by atoms with Crippen molar-refractivity contribution in [2.45, 2.75) is 6.54 Å². The molecule has 24 heavy (non-hydrogen) atoms. The number of rotatable bonds is 4. The van der Waals surface area contributed by atoms with Crippen molar-refractivity contribution < 1.29 is 8.81 Å². The zero-order chi connectivity index (χ0) is 16.4. The molecular formula is C18H18FN3OS. The first-order chi connectivity index (χ1) is 11.8. The van der Waals surface area contributed by atoms with Gasteiger partial charge in [0.25, 0.3) is 0 Å². The lowest BCUT2D eigenvalue weighted by Crippen LogP contribution is -2.46. The van der Waals surface area contributed by atoms with Crippen LogP contribution in [0.5, 0.6) is 0 Å². The molecule has 0 bridgehead atoms. The molecule has 0 saturated carbocycles. The van der Waals surface area contributed by atoms with E-state index in [4.69, 9.17) is 4.42 Å². The minimum absolute atomic E-state index is 0.145. The highest BCUT2D eigenvalue weighted by Gasteiger charge is 2.20. The summed E-state index contributed by atoms with van der Waals surface area (Å²) in [5, 5.41) is 3.00. The molecule has 0 atom stereocenters. The molecule has 0 amide bonds. The summed E-state index contributed by atoms with van der Waals surface area (Å²) in [5.74, 6) is 0.671. The van der Waals surface area contributed by atoms with E-state index in [1.807, 2.05) is 24.3 Å². The number of piperazine rings is 1. The Morgan fingerprint density at radius 1 is 1.08 bits per heavy atom. The number of furan rings is 1. The van der Waals surface area contributed by atoms with Gasteiger partial charge in [0.2, 0.25) is 0 Å². The van der Waals surface area contributed by atoms with Crippen LogP contribution < -0.4 is 4.90 Å². The zero-order valence-corrected chi connectivity index (χ0v) is 14.0. The summed E-state index contributed by atoms with van der Waals surface area (Å²) in [6.07, 6.45) is 1.67. The van der Waals surface area contributed by atoms with E-state index in [-0.39, 0.29) is 5.82 Å². The molecule has 0 radical (unpaired) electrons. The predicted molar refractivity (Wildman–Crippen MR) is 93.7 cm³/mol. The third kappa shape index (κ3) is 3.20. The highest BCUT2D eigenvalue weighted by molar-refractivity contribution is 7.13. The van der Waals surface area contributed by atoms with Crippen molar-refractivity contribution in [2.75, 3.05) is 31.1 Å². The van der Waals surface area contributed by atoms with E-state index in [1.54, 1.807) is 23.7 Å². The van der Waals surface area contributed by atoms with Crippen LogP contribution in [-0.4, -0.2) is 36.1 Å². The molecule has 6 heteroatoms. The minimum Gasteiger partial charge on any atom is -0.462 e. The van der Waals surface area contributed by atoms with Crippen LogP contribution in [0.15, 0.2) is 52.5 Å². The van der Waals surface area contributed by atoms with E-state index in [9.17, 15) is 4.39 Å². The molecule has 4 nitrogen and oxygen atoms in total. The molecule has 3 heterocycles. The van der Waals surface area contributed by atoms with Crippen molar-refractivity contribution in [1.29, 1.82) is 0 Å². The first-order valence-corrected chi connectivity index (χ1v) is 8.88. The van der Waals surface area contributed by atoms with Crippen LogP contribution in [0.2, 0.25) is 0 Å². The van der Waals surface area contributed by atoms with Crippen LogP contribution >= 0.6 is 11.3 Å². The summed E-state index contributed by atoms with van der Waals surface area (Å²) in [4.78, 5) is 9.12. The maximum Gasteiger partial charge on any atom is 0.162 e. The van der Waals surface area contributed by atoms with Crippen molar-refractivity contribution in [1.82, 2.24) is 9.88 Å². The largest absolute Gasteiger partial charge is 0.462 e. The summed E-state index contributed by atoms with van der Waals surface area (Å²) in [6, 6.07) is 10.8. The van der Waals surface area contributed by atoms with Gasteiger partial charge in [0, 0.05) is 38.1 Å². The second-order valence-electron chi connectivity index (χ2n) is 5.84. The number of halogens is 1. The molecular weight excluding hydrogens is 325 g/mol. The molecule has 1 aromatic carbocycles.